The SMILES string of the molecule is [c]1[nH]ccc1-c1occ2ccccc12. The van der Waals surface area contributed by atoms with E-state index in [1.165, 1.54) is 0 Å². The topological polar surface area (TPSA) is 28.9 Å². The third-order valence-electron chi connectivity index (χ3n) is 2.29. The van der Waals surface area contributed by atoms with Crippen LogP contribution in [0.2, 0.25) is 0 Å². The number of fused-ring (bicyclic) bond motifs is 1. The number of furan rings is 1. The number of benzene rings is 1. The molecule has 0 amide bonds. The molecule has 1 radical (unpaired) electrons. The number of nitrogens with one attached hydrogen (secondary N) is 1. The van der Waals surface area contributed by atoms with Gasteiger partial charge in [-0.2, -0.15) is 0 Å². The van der Waals surface area contributed by atoms with Crippen LogP contribution in [0.3, 0.4) is 0 Å². The lowest BCUT2D eigenvalue weighted by Gasteiger charge is -1.91. The molecule has 0 saturated carbocycles. The van der Waals surface area contributed by atoms with E-state index < -0.39 is 0 Å². The summed E-state index contributed by atoms with van der Waals surface area (Å²) in [7, 11) is 0. The first-order valence-electron chi connectivity index (χ1n) is 4.47. The molecule has 0 bridgehead atoms. The van der Waals surface area contributed by atoms with Gasteiger partial charge in [0.2, 0.25) is 0 Å². The Labute approximate surface area is 81.2 Å². The number of H-pyrrole nitrogens is 1. The molecule has 67 valence electrons. The summed E-state index contributed by atoms with van der Waals surface area (Å²) in [4.78, 5) is 2.90. The molecule has 2 heterocycles. The molecule has 2 aromatic heterocycles. The zero-order valence-electron chi connectivity index (χ0n) is 7.45. The third kappa shape index (κ3) is 0.973. The standard InChI is InChI=1S/C12H8NO/c1-2-4-11-10(3-1)8-14-12(11)9-5-6-13-7-9/h1-6,8,13H. The zero-order valence-corrected chi connectivity index (χ0v) is 7.45. The summed E-state index contributed by atoms with van der Waals surface area (Å²) in [5.41, 5.74) is 0.964. The second-order valence-corrected chi connectivity index (χ2v) is 3.17. The van der Waals surface area contributed by atoms with Gasteiger partial charge >= 0.3 is 0 Å². The summed E-state index contributed by atoms with van der Waals surface area (Å²) < 4.78 is 5.51. The minimum absolute atomic E-state index is 0.877. The van der Waals surface area contributed by atoms with Crippen LogP contribution in [0.25, 0.3) is 22.1 Å². The molecule has 0 atom stereocenters. The van der Waals surface area contributed by atoms with E-state index in [0.717, 1.165) is 22.1 Å². The number of hydrogen-bond acceptors (Lipinski definition) is 1. The molecule has 0 spiro atoms. The first kappa shape index (κ1) is 7.44. The predicted molar refractivity (Wildman–Crippen MR) is 54.8 cm³/mol. The van der Waals surface area contributed by atoms with Crippen LogP contribution in [-0.4, -0.2) is 4.98 Å². The van der Waals surface area contributed by atoms with Gasteiger partial charge in [-0.3, -0.25) is 0 Å². The van der Waals surface area contributed by atoms with Crippen LogP contribution in [0.5, 0.6) is 0 Å². The highest BCUT2D eigenvalue weighted by molar-refractivity contribution is 5.93. The lowest BCUT2D eigenvalue weighted by molar-refractivity contribution is 0.587. The van der Waals surface area contributed by atoms with Crippen LogP contribution in [0.4, 0.5) is 0 Å². The monoisotopic (exact) mass is 182 g/mol. The summed E-state index contributed by atoms with van der Waals surface area (Å²) >= 11 is 0. The Balaban J connectivity index is 2.33. The van der Waals surface area contributed by atoms with Crippen LogP contribution in [0.15, 0.2) is 47.2 Å². The number of aromatic amines is 1. The van der Waals surface area contributed by atoms with Crippen LogP contribution < -0.4 is 0 Å². The molecule has 1 aromatic carbocycles. The normalized spacial score (nSPS) is 10.9. The van der Waals surface area contributed by atoms with Gasteiger partial charge in [0.1, 0.15) is 5.76 Å². The smallest absolute Gasteiger partial charge is 0.143 e. The summed E-state index contributed by atoms with van der Waals surface area (Å²) in [6.07, 6.45) is 6.62. The highest BCUT2D eigenvalue weighted by Gasteiger charge is 2.07. The van der Waals surface area contributed by atoms with Gasteiger partial charge in [-0.05, 0) is 6.07 Å². The van der Waals surface area contributed by atoms with E-state index in [-0.39, 0.29) is 0 Å². The van der Waals surface area contributed by atoms with Crippen LogP contribution in [-0.2, 0) is 0 Å². The van der Waals surface area contributed by atoms with Crippen molar-refractivity contribution in [3.05, 3.63) is 49.0 Å². The lowest BCUT2D eigenvalue weighted by atomic mass is 10.1. The van der Waals surface area contributed by atoms with Gasteiger partial charge in [0, 0.05) is 22.5 Å². The van der Waals surface area contributed by atoms with E-state index in [9.17, 15) is 0 Å². The van der Waals surface area contributed by atoms with Crippen molar-refractivity contribution < 1.29 is 4.42 Å². The van der Waals surface area contributed by atoms with Crippen molar-refractivity contribution in [3.8, 4) is 11.3 Å². The fraction of sp³-hybridized carbons (Fsp3) is 0. The molecule has 2 heteroatoms. The van der Waals surface area contributed by atoms with Crippen molar-refractivity contribution in [2.75, 3.05) is 0 Å². The fourth-order valence-electron chi connectivity index (χ4n) is 1.62. The Morgan fingerprint density at radius 3 is 2.93 bits per heavy atom. The van der Waals surface area contributed by atoms with Gasteiger partial charge in [-0.15, -0.1) is 0 Å². The average molecular weight is 182 g/mol. The van der Waals surface area contributed by atoms with Crippen LogP contribution in [0, 0.1) is 6.20 Å². The van der Waals surface area contributed by atoms with Crippen molar-refractivity contribution in [1.29, 1.82) is 0 Å². The van der Waals surface area contributed by atoms with Crippen molar-refractivity contribution >= 4 is 10.8 Å². The largest absolute Gasteiger partial charge is 0.463 e. The molecule has 0 saturated heterocycles. The Morgan fingerprint density at radius 2 is 2.07 bits per heavy atom. The number of rotatable bonds is 1. The average Bonchev–Trinajstić information content (AvgIpc) is 2.85. The summed E-state index contributed by atoms with van der Waals surface area (Å²) in [6.45, 7) is 0. The number of aromatic nitrogens is 1. The first-order chi connectivity index (χ1) is 6.95. The van der Waals surface area contributed by atoms with Gasteiger partial charge in [0.05, 0.1) is 12.5 Å². The van der Waals surface area contributed by atoms with E-state index >= 15 is 0 Å². The molecule has 0 aliphatic rings. The molecular weight excluding hydrogens is 174 g/mol. The van der Waals surface area contributed by atoms with Crippen molar-refractivity contribution in [2.24, 2.45) is 0 Å². The fourth-order valence-corrected chi connectivity index (χ4v) is 1.62. The molecule has 0 unspecified atom stereocenters. The van der Waals surface area contributed by atoms with Crippen molar-refractivity contribution in [2.45, 2.75) is 0 Å². The van der Waals surface area contributed by atoms with Gasteiger partial charge in [0.15, 0.2) is 0 Å². The molecule has 2 nitrogen and oxygen atoms in total. The Kier molecular flexibility index (Phi) is 1.47. The highest BCUT2D eigenvalue weighted by Crippen LogP contribution is 2.29. The maximum Gasteiger partial charge on any atom is 0.143 e. The zero-order chi connectivity index (χ0) is 9.38. The van der Waals surface area contributed by atoms with Gasteiger partial charge in [0.25, 0.3) is 0 Å². The van der Waals surface area contributed by atoms with Crippen molar-refractivity contribution in [1.82, 2.24) is 4.98 Å². The summed E-state index contributed by atoms with van der Waals surface area (Å²) in [5.74, 6) is 0.877. The Bertz CT molecular complexity index is 548. The predicted octanol–water partition coefficient (Wildman–Crippen LogP) is 3.23. The lowest BCUT2D eigenvalue weighted by Crippen LogP contribution is -1.69. The Morgan fingerprint density at radius 1 is 1.14 bits per heavy atom. The minimum atomic E-state index is 0.877. The summed E-state index contributed by atoms with van der Waals surface area (Å²) in [5, 5.41) is 2.25. The van der Waals surface area contributed by atoms with E-state index in [1.807, 2.05) is 30.5 Å². The van der Waals surface area contributed by atoms with E-state index in [0.29, 0.717) is 0 Å². The van der Waals surface area contributed by atoms with E-state index in [4.69, 9.17) is 4.42 Å². The summed E-state index contributed by atoms with van der Waals surface area (Å²) in [6, 6.07) is 10.0. The van der Waals surface area contributed by atoms with Crippen molar-refractivity contribution in [3.63, 3.8) is 0 Å². The maximum absolute atomic E-state index is 5.51. The minimum Gasteiger partial charge on any atom is -0.463 e. The molecule has 14 heavy (non-hydrogen) atoms. The molecule has 0 fully saturated rings. The van der Waals surface area contributed by atoms with Crippen LogP contribution in [0.1, 0.15) is 0 Å². The third-order valence-corrected chi connectivity index (χ3v) is 2.29. The first-order valence-corrected chi connectivity index (χ1v) is 4.47. The molecule has 0 aliphatic heterocycles. The van der Waals surface area contributed by atoms with Gasteiger partial charge < -0.3 is 9.40 Å². The maximum atomic E-state index is 5.51. The number of hydrogen-bond donors (Lipinski definition) is 1. The quantitative estimate of drug-likeness (QED) is 0.615. The highest BCUT2D eigenvalue weighted by atomic mass is 16.3. The van der Waals surface area contributed by atoms with Crippen LogP contribution >= 0.6 is 0 Å². The second-order valence-electron chi connectivity index (χ2n) is 3.17. The molecule has 1 N–H and O–H groups in total. The van der Waals surface area contributed by atoms with Gasteiger partial charge in [-0.1, -0.05) is 24.3 Å². The van der Waals surface area contributed by atoms with E-state index in [2.05, 4.69) is 17.2 Å². The molecular formula is C12H8NO. The molecule has 0 aliphatic carbocycles. The molecule has 3 rings (SSSR count). The molecule has 3 aromatic rings. The van der Waals surface area contributed by atoms with Gasteiger partial charge in [-0.25, -0.2) is 0 Å². The second kappa shape index (κ2) is 2.77. The van der Waals surface area contributed by atoms with E-state index in [1.54, 1.807) is 6.26 Å². The Hall–Kier alpha value is -1.96.